The summed E-state index contributed by atoms with van der Waals surface area (Å²) in [6.45, 7) is 18.2. The number of likely N-dealkylation sites (tertiary alicyclic amines) is 1. The zero-order valence-corrected chi connectivity index (χ0v) is 29.3. The lowest BCUT2D eigenvalue weighted by Crippen LogP contribution is -2.60. The molecule has 1 N–H and O–H groups in total. The minimum Gasteiger partial charge on any atom is -0.494 e. The van der Waals surface area contributed by atoms with Gasteiger partial charge in [-0.05, 0) is 43.5 Å². The molecule has 2 bridgehead atoms. The fraction of sp³-hybridized carbons (Fsp3) is 0.629. The molecular formula is C35H49BrN4O7. The van der Waals surface area contributed by atoms with Gasteiger partial charge < -0.3 is 34.0 Å². The van der Waals surface area contributed by atoms with Crippen molar-refractivity contribution in [2.75, 3.05) is 70.6 Å². The highest BCUT2D eigenvalue weighted by Gasteiger charge is 2.77. The zero-order chi connectivity index (χ0) is 33.9. The molecule has 7 atom stereocenters. The van der Waals surface area contributed by atoms with Crippen LogP contribution < -0.4 is 9.64 Å². The highest BCUT2D eigenvalue weighted by Crippen LogP contribution is 2.61. The van der Waals surface area contributed by atoms with Gasteiger partial charge in [0, 0.05) is 49.8 Å². The molecule has 1 aromatic carbocycles. The summed E-state index contributed by atoms with van der Waals surface area (Å²) in [5.74, 6) is -2.05. The van der Waals surface area contributed by atoms with Crippen molar-refractivity contribution in [3.05, 3.63) is 49.6 Å². The van der Waals surface area contributed by atoms with E-state index in [0.29, 0.717) is 57.3 Å². The number of aliphatic hydroxyl groups is 1. The van der Waals surface area contributed by atoms with Crippen LogP contribution in [0.25, 0.3) is 0 Å². The normalized spacial score (nSPS) is 29.1. The number of hydrogen-bond donors (Lipinski definition) is 1. The molecule has 0 aliphatic carbocycles. The zero-order valence-electron chi connectivity index (χ0n) is 27.8. The lowest BCUT2D eigenvalue weighted by atomic mass is 9.70. The van der Waals surface area contributed by atoms with E-state index in [1.54, 1.807) is 26.9 Å². The van der Waals surface area contributed by atoms with E-state index in [9.17, 15) is 19.5 Å². The molecule has 4 saturated heterocycles. The second-order valence-corrected chi connectivity index (χ2v) is 14.3. The Morgan fingerprint density at radius 2 is 1.83 bits per heavy atom. The van der Waals surface area contributed by atoms with Crippen molar-refractivity contribution >= 4 is 39.3 Å². The number of fused-ring (bicyclic) bond motifs is 1. The smallest absolute Gasteiger partial charge is 0.248 e. The third-order valence-corrected chi connectivity index (χ3v) is 10.9. The summed E-state index contributed by atoms with van der Waals surface area (Å²) < 4.78 is 17.9. The molecule has 1 aromatic rings. The van der Waals surface area contributed by atoms with Gasteiger partial charge in [0.15, 0.2) is 0 Å². The van der Waals surface area contributed by atoms with Gasteiger partial charge >= 0.3 is 0 Å². The van der Waals surface area contributed by atoms with Crippen LogP contribution in [0, 0.1) is 17.8 Å². The molecule has 47 heavy (non-hydrogen) atoms. The van der Waals surface area contributed by atoms with E-state index in [1.807, 2.05) is 45.0 Å². The summed E-state index contributed by atoms with van der Waals surface area (Å²) >= 11 is 3.79. The fourth-order valence-electron chi connectivity index (χ4n) is 7.83. The number of nitrogens with zero attached hydrogens (tertiary/aromatic N) is 4. The monoisotopic (exact) mass is 716 g/mol. The Bertz CT molecular complexity index is 1310. The molecule has 4 aliphatic heterocycles. The van der Waals surface area contributed by atoms with Gasteiger partial charge in [0.25, 0.3) is 0 Å². The average molecular weight is 718 g/mol. The predicted molar refractivity (Wildman–Crippen MR) is 182 cm³/mol. The Morgan fingerprint density at radius 1 is 1.15 bits per heavy atom. The maximum Gasteiger partial charge on any atom is 0.248 e. The minimum atomic E-state index is -1.24. The van der Waals surface area contributed by atoms with Crippen molar-refractivity contribution in [3.8, 4) is 5.75 Å². The van der Waals surface area contributed by atoms with Crippen LogP contribution in [0.4, 0.5) is 5.69 Å². The Balaban J connectivity index is 1.52. The summed E-state index contributed by atoms with van der Waals surface area (Å²) in [5, 5.41) is 10.6. The van der Waals surface area contributed by atoms with Crippen molar-refractivity contribution in [2.24, 2.45) is 17.8 Å². The van der Waals surface area contributed by atoms with Gasteiger partial charge in [-0.25, -0.2) is 0 Å². The van der Waals surface area contributed by atoms with Crippen LogP contribution in [0.2, 0.25) is 0 Å². The van der Waals surface area contributed by atoms with E-state index in [2.05, 4.69) is 34.0 Å². The Hall–Kier alpha value is -2.77. The first-order valence-corrected chi connectivity index (χ1v) is 17.6. The molecule has 3 unspecified atom stereocenters. The van der Waals surface area contributed by atoms with E-state index >= 15 is 0 Å². The van der Waals surface area contributed by atoms with Crippen LogP contribution in [0.3, 0.4) is 0 Å². The Kier molecular flexibility index (Phi) is 11.5. The summed E-state index contributed by atoms with van der Waals surface area (Å²) in [5.41, 5.74) is -0.598. The van der Waals surface area contributed by atoms with Gasteiger partial charge in [-0.15, -0.1) is 13.2 Å². The molecule has 11 nitrogen and oxygen atoms in total. The van der Waals surface area contributed by atoms with Gasteiger partial charge in [-0.3, -0.25) is 19.3 Å². The number of carbonyl (C=O) groups is 3. The molecule has 12 heteroatoms. The molecule has 4 heterocycles. The summed E-state index contributed by atoms with van der Waals surface area (Å²) in [6, 6.07) is 5.61. The van der Waals surface area contributed by atoms with Crippen LogP contribution in [0.15, 0.2) is 49.6 Å². The quantitative estimate of drug-likeness (QED) is 0.218. The first-order valence-electron chi connectivity index (χ1n) is 16.7. The number of aliphatic hydroxyl groups excluding tert-OH is 1. The van der Waals surface area contributed by atoms with Gasteiger partial charge in [-0.2, -0.15) is 0 Å². The van der Waals surface area contributed by atoms with Crippen LogP contribution in [-0.4, -0.2) is 132 Å². The van der Waals surface area contributed by atoms with Crippen molar-refractivity contribution < 1.29 is 33.7 Å². The molecule has 258 valence electrons. The molecule has 0 saturated carbocycles. The molecule has 4 aliphatic rings. The maximum absolute atomic E-state index is 14.8. The minimum absolute atomic E-state index is 0.150. The van der Waals surface area contributed by atoms with E-state index in [-0.39, 0.29) is 41.6 Å². The van der Waals surface area contributed by atoms with Crippen molar-refractivity contribution in [3.63, 3.8) is 0 Å². The molecule has 0 radical (unpaired) electrons. The number of ether oxygens (including phenoxy) is 3. The van der Waals surface area contributed by atoms with Gasteiger partial charge in [0.2, 0.25) is 17.7 Å². The number of rotatable bonds is 15. The van der Waals surface area contributed by atoms with E-state index < -0.39 is 35.6 Å². The summed E-state index contributed by atoms with van der Waals surface area (Å²) in [7, 11) is 0. The number of hydrogen-bond acceptors (Lipinski definition) is 8. The largest absolute Gasteiger partial charge is 0.494 e. The van der Waals surface area contributed by atoms with Gasteiger partial charge in [-0.1, -0.05) is 41.9 Å². The number of alkyl halides is 1. The van der Waals surface area contributed by atoms with E-state index in [4.69, 9.17) is 14.2 Å². The van der Waals surface area contributed by atoms with E-state index in [0.717, 1.165) is 13.1 Å². The van der Waals surface area contributed by atoms with Crippen LogP contribution in [0.5, 0.6) is 5.75 Å². The number of benzene rings is 1. The summed E-state index contributed by atoms with van der Waals surface area (Å²) in [4.78, 5) is 51.1. The maximum atomic E-state index is 14.8. The number of amides is 3. The van der Waals surface area contributed by atoms with Crippen LogP contribution >= 0.6 is 15.9 Å². The first kappa shape index (κ1) is 35.5. The van der Waals surface area contributed by atoms with Crippen molar-refractivity contribution in [2.45, 2.75) is 55.8 Å². The number of anilines is 1. The molecule has 4 fully saturated rings. The Morgan fingerprint density at radius 3 is 2.43 bits per heavy atom. The molecule has 0 aromatic heterocycles. The number of morpholine rings is 1. The van der Waals surface area contributed by atoms with Gasteiger partial charge in [0.1, 0.15) is 17.4 Å². The molecule has 5 rings (SSSR count). The molecule has 1 spiro atoms. The van der Waals surface area contributed by atoms with E-state index in [1.165, 1.54) is 0 Å². The number of halogens is 1. The lowest BCUT2D eigenvalue weighted by Gasteiger charge is -2.41. The topological polar surface area (TPSA) is 112 Å². The standard InChI is InChI=1S/C35H49BrN4O7/c1-6-13-38(16-15-37-17-19-45-20-18-37)34(44)31-35-21-26(36)30(47-35)28(29(35)33(43)40(31)27(22-41)23(4)5)32(42)39(14-7-2)24-9-11-25(12-10-24)46-8-3/h6-7,9-12,23,26-31,41H,1-2,8,13-22H2,3-5H3/t26?,27-,28-,29-,30-,31?,35?/m0/s1. The SMILES string of the molecule is C=CCN(CCN1CCOCC1)C(=O)C1N([C@@H](CO)C(C)C)C(=O)[C@@H]2[C@H](C(=O)N(CC=C)c3ccc(OCC)cc3)[C@H]3OC12CC3Br. The highest BCUT2D eigenvalue weighted by atomic mass is 79.9. The molecular weight excluding hydrogens is 668 g/mol. The third kappa shape index (κ3) is 6.64. The first-order chi connectivity index (χ1) is 22.6. The third-order valence-electron chi connectivity index (χ3n) is 10.0. The van der Waals surface area contributed by atoms with Crippen LogP contribution in [-0.2, 0) is 23.9 Å². The summed E-state index contributed by atoms with van der Waals surface area (Å²) in [6.07, 6.45) is 3.12. The highest BCUT2D eigenvalue weighted by molar-refractivity contribution is 9.09. The van der Waals surface area contributed by atoms with Crippen molar-refractivity contribution in [1.29, 1.82) is 0 Å². The second-order valence-electron chi connectivity index (χ2n) is 13.1. The van der Waals surface area contributed by atoms with Crippen LogP contribution in [0.1, 0.15) is 27.2 Å². The van der Waals surface area contributed by atoms with Crippen molar-refractivity contribution in [1.82, 2.24) is 14.7 Å². The fourth-order valence-corrected chi connectivity index (χ4v) is 8.78. The predicted octanol–water partition coefficient (Wildman–Crippen LogP) is 2.72. The second kappa shape index (κ2) is 15.2. The Labute approximate surface area is 286 Å². The lowest BCUT2D eigenvalue weighted by molar-refractivity contribution is -0.152. The molecule has 3 amide bonds. The van der Waals surface area contributed by atoms with Gasteiger partial charge in [0.05, 0.1) is 50.4 Å². The average Bonchev–Trinajstić information content (AvgIpc) is 3.66. The number of carbonyl (C=O) groups excluding carboxylic acids is 3.